The summed E-state index contributed by atoms with van der Waals surface area (Å²) in [5.74, 6) is -0.844. The highest BCUT2D eigenvalue weighted by molar-refractivity contribution is 5.66. The molecular weight excluding hydrogens is 134 g/mol. The molecule has 5 nitrogen and oxygen atoms in total. The van der Waals surface area contributed by atoms with Gasteiger partial charge in [0.05, 0.1) is 19.2 Å². The molecule has 0 saturated heterocycles. The molecule has 5 heteroatoms. The molecule has 0 unspecified atom stereocenters. The van der Waals surface area contributed by atoms with Gasteiger partial charge in [0.25, 0.3) is 0 Å². The fourth-order valence-electron chi connectivity index (χ4n) is 0.517. The second-order valence-corrected chi connectivity index (χ2v) is 1.73. The molecule has 1 aromatic rings. The van der Waals surface area contributed by atoms with E-state index in [1.54, 1.807) is 0 Å². The van der Waals surface area contributed by atoms with Crippen LogP contribution in [-0.2, 0) is 11.3 Å². The van der Waals surface area contributed by atoms with Crippen molar-refractivity contribution >= 4 is 5.97 Å². The third-order valence-corrected chi connectivity index (χ3v) is 0.962. The SMILES string of the molecule is O=C(O)CCn1[c]cnn1. The third kappa shape index (κ3) is 1.85. The molecule has 1 rings (SSSR count). The van der Waals surface area contributed by atoms with Gasteiger partial charge in [-0.05, 0) is 0 Å². The van der Waals surface area contributed by atoms with Crippen LogP contribution in [0.2, 0.25) is 0 Å². The van der Waals surface area contributed by atoms with E-state index in [4.69, 9.17) is 5.11 Å². The minimum absolute atomic E-state index is 0.0554. The molecule has 0 saturated carbocycles. The molecule has 1 heterocycles. The van der Waals surface area contributed by atoms with Crippen LogP contribution >= 0.6 is 0 Å². The summed E-state index contributed by atoms with van der Waals surface area (Å²) in [5.41, 5.74) is 0. The van der Waals surface area contributed by atoms with E-state index in [1.165, 1.54) is 10.9 Å². The smallest absolute Gasteiger partial charge is 0.305 e. The van der Waals surface area contributed by atoms with E-state index >= 15 is 0 Å². The first-order valence-corrected chi connectivity index (χ1v) is 2.77. The van der Waals surface area contributed by atoms with Gasteiger partial charge in [0.1, 0.15) is 6.20 Å². The van der Waals surface area contributed by atoms with E-state index < -0.39 is 5.97 Å². The topological polar surface area (TPSA) is 68.0 Å². The van der Waals surface area contributed by atoms with Gasteiger partial charge < -0.3 is 5.11 Å². The van der Waals surface area contributed by atoms with Crippen molar-refractivity contribution in [2.75, 3.05) is 0 Å². The molecule has 1 radical (unpaired) electrons. The highest BCUT2D eigenvalue weighted by Gasteiger charge is 1.97. The van der Waals surface area contributed by atoms with Crippen molar-refractivity contribution in [3.63, 3.8) is 0 Å². The van der Waals surface area contributed by atoms with E-state index in [9.17, 15) is 4.79 Å². The number of carbonyl (C=O) groups is 1. The van der Waals surface area contributed by atoms with Crippen molar-refractivity contribution in [1.82, 2.24) is 15.0 Å². The van der Waals surface area contributed by atoms with Crippen LogP contribution in [0.5, 0.6) is 0 Å². The van der Waals surface area contributed by atoms with Crippen LogP contribution < -0.4 is 0 Å². The maximum absolute atomic E-state index is 10.0. The first-order valence-electron chi connectivity index (χ1n) is 2.77. The lowest BCUT2D eigenvalue weighted by Gasteiger charge is -1.92. The molecule has 0 amide bonds. The highest BCUT2D eigenvalue weighted by Crippen LogP contribution is 1.85. The Labute approximate surface area is 57.3 Å². The Kier molecular flexibility index (Phi) is 1.99. The number of rotatable bonds is 3. The zero-order valence-corrected chi connectivity index (χ0v) is 5.19. The Balaban J connectivity index is 2.35. The van der Waals surface area contributed by atoms with Crippen LogP contribution in [0.15, 0.2) is 6.20 Å². The number of nitrogens with zero attached hydrogens (tertiary/aromatic N) is 3. The van der Waals surface area contributed by atoms with Crippen LogP contribution in [0.1, 0.15) is 6.42 Å². The summed E-state index contributed by atoms with van der Waals surface area (Å²) in [4.78, 5) is 10.0. The first kappa shape index (κ1) is 6.73. The Bertz CT molecular complexity index is 207. The number of carboxylic acids is 1. The fraction of sp³-hybridized carbons (Fsp3) is 0.400. The lowest BCUT2D eigenvalue weighted by molar-refractivity contribution is -0.137. The average molecular weight is 140 g/mol. The summed E-state index contributed by atoms with van der Waals surface area (Å²) in [6.07, 6.45) is 4.07. The maximum Gasteiger partial charge on any atom is 0.305 e. The molecule has 0 spiro atoms. The quantitative estimate of drug-likeness (QED) is 0.617. The van der Waals surface area contributed by atoms with Crippen molar-refractivity contribution in [2.24, 2.45) is 0 Å². The summed E-state index contributed by atoms with van der Waals surface area (Å²) in [6, 6.07) is 0. The zero-order valence-electron chi connectivity index (χ0n) is 5.19. The lowest BCUT2D eigenvalue weighted by atomic mass is 10.4. The van der Waals surface area contributed by atoms with Gasteiger partial charge in [0.2, 0.25) is 0 Å². The van der Waals surface area contributed by atoms with Crippen molar-refractivity contribution in [3.05, 3.63) is 12.4 Å². The number of carboxylic acid groups (broad SMARTS) is 1. The standard InChI is InChI=1S/C5H6N3O2/c9-5(10)1-3-8-4-2-6-7-8/h2H,1,3H2,(H,9,10). The molecule has 0 aliphatic heterocycles. The van der Waals surface area contributed by atoms with Crippen molar-refractivity contribution < 1.29 is 9.90 Å². The minimum Gasteiger partial charge on any atom is -0.481 e. The van der Waals surface area contributed by atoms with E-state index in [-0.39, 0.29) is 6.42 Å². The van der Waals surface area contributed by atoms with E-state index in [0.29, 0.717) is 6.54 Å². The largest absolute Gasteiger partial charge is 0.481 e. The minimum atomic E-state index is -0.844. The van der Waals surface area contributed by atoms with Crippen molar-refractivity contribution in [1.29, 1.82) is 0 Å². The second kappa shape index (κ2) is 2.95. The summed E-state index contributed by atoms with van der Waals surface area (Å²) < 4.78 is 1.36. The number of aromatic nitrogens is 3. The third-order valence-electron chi connectivity index (χ3n) is 0.962. The maximum atomic E-state index is 10.0. The fourth-order valence-corrected chi connectivity index (χ4v) is 0.517. The second-order valence-electron chi connectivity index (χ2n) is 1.73. The molecule has 0 aromatic carbocycles. The molecular formula is C5H6N3O2. The van der Waals surface area contributed by atoms with E-state index in [0.717, 1.165) is 0 Å². The molecule has 0 bridgehead atoms. The summed E-state index contributed by atoms with van der Waals surface area (Å²) in [7, 11) is 0. The van der Waals surface area contributed by atoms with Gasteiger partial charge in [-0.25, -0.2) is 4.68 Å². The van der Waals surface area contributed by atoms with E-state index in [1.807, 2.05) is 0 Å². The van der Waals surface area contributed by atoms with Crippen molar-refractivity contribution in [2.45, 2.75) is 13.0 Å². The lowest BCUT2D eigenvalue weighted by Crippen LogP contribution is -2.05. The van der Waals surface area contributed by atoms with Gasteiger partial charge >= 0.3 is 5.97 Å². The van der Waals surface area contributed by atoms with Gasteiger partial charge in [-0.15, -0.1) is 5.10 Å². The van der Waals surface area contributed by atoms with Crippen molar-refractivity contribution in [3.8, 4) is 0 Å². The molecule has 1 N–H and O–H groups in total. The number of hydrogen-bond donors (Lipinski definition) is 1. The molecule has 0 atom stereocenters. The number of aryl methyl sites for hydroxylation is 1. The van der Waals surface area contributed by atoms with Crippen LogP contribution in [0.4, 0.5) is 0 Å². The van der Waals surface area contributed by atoms with Gasteiger partial charge in [-0.3, -0.25) is 4.79 Å². The molecule has 1 aromatic heterocycles. The molecule has 10 heavy (non-hydrogen) atoms. The van der Waals surface area contributed by atoms with Crippen LogP contribution in [-0.4, -0.2) is 26.1 Å². The highest BCUT2D eigenvalue weighted by atomic mass is 16.4. The molecule has 0 aliphatic rings. The Morgan fingerprint density at radius 2 is 2.60 bits per heavy atom. The monoisotopic (exact) mass is 140 g/mol. The van der Waals surface area contributed by atoms with Gasteiger partial charge in [-0.1, -0.05) is 5.21 Å². The first-order chi connectivity index (χ1) is 4.79. The predicted molar refractivity (Wildman–Crippen MR) is 31.1 cm³/mol. The van der Waals surface area contributed by atoms with Crippen LogP contribution in [0, 0.1) is 6.20 Å². The predicted octanol–water partition coefficient (Wildman–Crippen LogP) is -0.447. The summed E-state index contributed by atoms with van der Waals surface area (Å²) in [5, 5.41) is 15.2. The number of hydrogen-bond acceptors (Lipinski definition) is 3. The molecule has 0 aliphatic carbocycles. The normalized spacial score (nSPS) is 9.60. The van der Waals surface area contributed by atoms with Gasteiger partial charge in [0.15, 0.2) is 0 Å². The van der Waals surface area contributed by atoms with Crippen LogP contribution in [0.3, 0.4) is 0 Å². The summed E-state index contributed by atoms with van der Waals surface area (Å²) >= 11 is 0. The Hall–Kier alpha value is -1.39. The average Bonchev–Trinajstić information content (AvgIpc) is 2.34. The van der Waals surface area contributed by atoms with Gasteiger partial charge in [-0.2, -0.15) is 0 Å². The Morgan fingerprint density at radius 3 is 3.10 bits per heavy atom. The molecule has 0 fully saturated rings. The van der Waals surface area contributed by atoms with Gasteiger partial charge in [0, 0.05) is 0 Å². The van der Waals surface area contributed by atoms with Crippen LogP contribution in [0.25, 0.3) is 0 Å². The molecule has 53 valence electrons. The van der Waals surface area contributed by atoms with E-state index in [2.05, 4.69) is 16.5 Å². The Morgan fingerprint density at radius 1 is 1.80 bits per heavy atom. The number of aliphatic carboxylic acids is 1. The zero-order chi connectivity index (χ0) is 7.40. The summed E-state index contributed by atoms with van der Waals surface area (Å²) in [6.45, 7) is 0.329.